The number of anilines is 1. The van der Waals surface area contributed by atoms with Crippen molar-refractivity contribution >= 4 is 17.3 Å². The lowest BCUT2D eigenvalue weighted by Crippen LogP contribution is -2.34. The van der Waals surface area contributed by atoms with Gasteiger partial charge >= 0.3 is 0 Å². The third-order valence-corrected chi connectivity index (χ3v) is 3.56. The molecule has 1 aromatic rings. The fourth-order valence-electron chi connectivity index (χ4n) is 2.16. The second-order valence-corrected chi connectivity index (χ2v) is 5.36. The summed E-state index contributed by atoms with van der Waals surface area (Å²) >= 11 is 0. The molecule has 116 valence electrons. The van der Waals surface area contributed by atoms with Crippen molar-refractivity contribution in [3.63, 3.8) is 0 Å². The Morgan fingerprint density at radius 1 is 1.38 bits per heavy atom. The van der Waals surface area contributed by atoms with Crippen LogP contribution in [0.5, 0.6) is 0 Å². The molecule has 0 heterocycles. The van der Waals surface area contributed by atoms with E-state index in [2.05, 4.69) is 24.5 Å². The highest BCUT2D eigenvalue weighted by atomic mass is 16.6. The Hall–Kier alpha value is -2.11. The van der Waals surface area contributed by atoms with Crippen LogP contribution in [-0.2, 0) is 0 Å². The molecule has 2 N–H and O–H groups in total. The van der Waals surface area contributed by atoms with Crippen molar-refractivity contribution in [3.05, 3.63) is 33.9 Å². The Labute approximate surface area is 125 Å². The molecular weight excluding hydrogens is 270 g/mol. The molecule has 1 rings (SSSR count). The van der Waals surface area contributed by atoms with Gasteiger partial charge in [0.2, 0.25) is 0 Å². The van der Waals surface area contributed by atoms with E-state index in [9.17, 15) is 14.9 Å². The van der Waals surface area contributed by atoms with Crippen LogP contribution in [-0.4, -0.2) is 23.9 Å². The van der Waals surface area contributed by atoms with Crippen LogP contribution in [0.15, 0.2) is 18.2 Å². The summed E-state index contributed by atoms with van der Waals surface area (Å²) < 4.78 is 0. The Morgan fingerprint density at radius 3 is 2.57 bits per heavy atom. The maximum absolute atomic E-state index is 12.3. The zero-order valence-electron chi connectivity index (χ0n) is 13.0. The average Bonchev–Trinajstić information content (AvgIpc) is 2.45. The predicted molar refractivity (Wildman–Crippen MR) is 83.6 cm³/mol. The molecule has 1 amide bonds. The summed E-state index contributed by atoms with van der Waals surface area (Å²) in [5, 5.41) is 16.8. The first-order chi connectivity index (χ1) is 9.88. The summed E-state index contributed by atoms with van der Waals surface area (Å²) in [6.07, 6.45) is 1.89. The molecule has 0 aliphatic carbocycles. The molecule has 0 fully saturated rings. The number of amides is 1. The normalized spacial score (nSPS) is 13.3. The lowest BCUT2D eigenvalue weighted by Gasteiger charge is -2.17. The monoisotopic (exact) mass is 293 g/mol. The number of rotatable bonds is 7. The molecule has 0 aliphatic heterocycles. The van der Waals surface area contributed by atoms with Crippen molar-refractivity contribution in [2.75, 3.05) is 12.4 Å². The minimum Gasteiger partial charge on any atom is -0.388 e. The number of nitro groups is 1. The lowest BCUT2D eigenvalue weighted by molar-refractivity contribution is -0.385. The number of nitrogens with one attached hydrogen (secondary N) is 2. The summed E-state index contributed by atoms with van der Waals surface area (Å²) in [6, 6.07) is 4.41. The number of nitro benzene ring substituents is 1. The van der Waals surface area contributed by atoms with E-state index < -0.39 is 10.8 Å². The molecule has 2 unspecified atom stereocenters. The van der Waals surface area contributed by atoms with Crippen LogP contribution in [0.3, 0.4) is 0 Å². The van der Waals surface area contributed by atoms with Crippen LogP contribution in [0.2, 0.25) is 0 Å². The number of carbonyl (C=O) groups excluding carboxylic acids is 1. The molecule has 0 bridgehead atoms. The number of hydrogen-bond donors (Lipinski definition) is 2. The molecular formula is C15H23N3O3. The van der Waals surface area contributed by atoms with Crippen LogP contribution in [0.4, 0.5) is 11.4 Å². The number of carbonyl (C=O) groups is 1. The molecule has 6 nitrogen and oxygen atoms in total. The van der Waals surface area contributed by atoms with Crippen molar-refractivity contribution in [1.82, 2.24) is 5.32 Å². The minimum absolute atomic E-state index is 0.0229. The fraction of sp³-hybridized carbons (Fsp3) is 0.533. The molecule has 0 spiro atoms. The van der Waals surface area contributed by atoms with Gasteiger partial charge < -0.3 is 10.6 Å². The molecule has 2 atom stereocenters. The molecule has 1 aromatic carbocycles. The highest BCUT2D eigenvalue weighted by Gasteiger charge is 2.22. The summed E-state index contributed by atoms with van der Waals surface area (Å²) in [5.74, 6) is 0.0912. The van der Waals surface area contributed by atoms with Crippen molar-refractivity contribution in [2.45, 2.75) is 39.7 Å². The summed E-state index contributed by atoms with van der Waals surface area (Å²) in [6.45, 7) is 6.13. The van der Waals surface area contributed by atoms with Gasteiger partial charge in [-0.1, -0.05) is 20.3 Å². The maximum Gasteiger partial charge on any atom is 0.282 e. The Balaban J connectivity index is 2.92. The largest absolute Gasteiger partial charge is 0.388 e. The SMILES string of the molecule is CCC(C)CC(C)NC(=O)c1cc(NC)ccc1[N+](=O)[O-]. The molecule has 0 saturated heterocycles. The van der Waals surface area contributed by atoms with E-state index in [0.717, 1.165) is 12.8 Å². The van der Waals surface area contributed by atoms with Crippen LogP contribution in [0, 0.1) is 16.0 Å². The molecule has 0 radical (unpaired) electrons. The molecule has 0 aliphatic rings. The van der Waals surface area contributed by atoms with Crippen molar-refractivity contribution in [2.24, 2.45) is 5.92 Å². The van der Waals surface area contributed by atoms with E-state index in [1.54, 1.807) is 13.1 Å². The van der Waals surface area contributed by atoms with Crippen LogP contribution in [0.1, 0.15) is 44.0 Å². The third-order valence-electron chi connectivity index (χ3n) is 3.56. The first-order valence-corrected chi connectivity index (χ1v) is 7.16. The Bertz CT molecular complexity index is 517. The van der Waals surface area contributed by atoms with E-state index in [0.29, 0.717) is 11.6 Å². The van der Waals surface area contributed by atoms with Crippen molar-refractivity contribution in [3.8, 4) is 0 Å². The standard InChI is InChI=1S/C15H23N3O3/c1-5-10(2)8-11(3)17-15(19)13-9-12(16-4)6-7-14(13)18(20)21/h6-7,9-11,16H,5,8H2,1-4H3,(H,17,19). The van der Waals surface area contributed by atoms with Gasteiger partial charge in [0.25, 0.3) is 11.6 Å². The zero-order chi connectivity index (χ0) is 16.0. The Morgan fingerprint density at radius 2 is 2.05 bits per heavy atom. The molecule has 21 heavy (non-hydrogen) atoms. The molecule has 0 aromatic heterocycles. The van der Waals surface area contributed by atoms with Gasteiger partial charge in [-0.05, 0) is 31.4 Å². The van der Waals surface area contributed by atoms with Crippen molar-refractivity contribution in [1.29, 1.82) is 0 Å². The third kappa shape index (κ3) is 4.73. The zero-order valence-corrected chi connectivity index (χ0v) is 13.0. The van der Waals surface area contributed by atoms with E-state index in [1.807, 2.05) is 6.92 Å². The van der Waals surface area contributed by atoms with Gasteiger partial charge in [0, 0.05) is 24.8 Å². The van der Waals surface area contributed by atoms with E-state index >= 15 is 0 Å². The van der Waals surface area contributed by atoms with Gasteiger partial charge in [0.1, 0.15) is 5.56 Å². The molecule has 0 saturated carbocycles. The van der Waals surface area contributed by atoms with Gasteiger partial charge in [-0.15, -0.1) is 0 Å². The predicted octanol–water partition coefficient (Wildman–Crippen LogP) is 3.19. The van der Waals surface area contributed by atoms with Crippen LogP contribution in [0.25, 0.3) is 0 Å². The molecule has 6 heteroatoms. The van der Waals surface area contributed by atoms with Gasteiger partial charge in [-0.3, -0.25) is 14.9 Å². The minimum atomic E-state index is -0.534. The quantitative estimate of drug-likeness (QED) is 0.597. The second kappa shape index (κ2) is 7.61. The van der Waals surface area contributed by atoms with E-state index in [4.69, 9.17) is 0 Å². The smallest absolute Gasteiger partial charge is 0.282 e. The van der Waals surface area contributed by atoms with Gasteiger partial charge in [-0.25, -0.2) is 0 Å². The first-order valence-electron chi connectivity index (χ1n) is 7.16. The van der Waals surface area contributed by atoms with Crippen LogP contribution >= 0.6 is 0 Å². The number of nitrogens with zero attached hydrogens (tertiary/aromatic N) is 1. The first kappa shape index (κ1) is 16.9. The average molecular weight is 293 g/mol. The Kier molecular flexibility index (Phi) is 6.14. The second-order valence-electron chi connectivity index (χ2n) is 5.36. The fourth-order valence-corrected chi connectivity index (χ4v) is 2.16. The van der Waals surface area contributed by atoms with E-state index in [1.165, 1.54) is 12.1 Å². The van der Waals surface area contributed by atoms with Crippen molar-refractivity contribution < 1.29 is 9.72 Å². The maximum atomic E-state index is 12.3. The van der Waals surface area contributed by atoms with E-state index in [-0.39, 0.29) is 17.3 Å². The summed E-state index contributed by atoms with van der Waals surface area (Å²) in [7, 11) is 1.70. The highest BCUT2D eigenvalue weighted by molar-refractivity contribution is 5.99. The topological polar surface area (TPSA) is 84.3 Å². The van der Waals surface area contributed by atoms with Gasteiger partial charge in [0.05, 0.1) is 4.92 Å². The van der Waals surface area contributed by atoms with Gasteiger partial charge in [0.15, 0.2) is 0 Å². The lowest BCUT2D eigenvalue weighted by atomic mass is 10.00. The number of benzene rings is 1. The number of hydrogen-bond acceptors (Lipinski definition) is 4. The summed E-state index contributed by atoms with van der Waals surface area (Å²) in [4.78, 5) is 22.8. The van der Waals surface area contributed by atoms with Gasteiger partial charge in [-0.2, -0.15) is 0 Å². The highest BCUT2D eigenvalue weighted by Crippen LogP contribution is 2.23. The van der Waals surface area contributed by atoms with Crippen LogP contribution < -0.4 is 10.6 Å². The summed E-state index contributed by atoms with van der Waals surface area (Å²) in [5.41, 5.74) is 0.574.